The molecule has 0 saturated carbocycles. The fourth-order valence-corrected chi connectivity index (χ4v) is 1.62. The molecule has 1 heterocycles. The number of aliphatic hydroxyl groups excluding tert-OH is 1. The second kappa shape index (κ2) is 3.94. The Kier molecular flexibility index (Phi) is 2.62. The topological polar surface area (TPSA) is 62.3 Å². The predicted octanol–water partition coefficient (Wildman–Crippen LogP) is 1.59. The van der Waals surface area contributed by atoms with Crippen LogP contribution in [-0.4, -0.2) is 23.2 Å². The molecule has 0 aliphatic heterocycles. The normalized spacial score (nSPS) is 10.7. The van der Waals surface area contributed by atoms with Gasteiger partial charge in [-0.25, -0.2) is 9.18 Å². The van der Waals surface area contributed by atoms with E-state index < -0.39 is 11.8 Å². The first-order valence-electron chi connectivity index (χ1n) is 4.66. The molecule has 0 bridgehead atoms. The highest BCUT2D eigenvalue weighted by Crippen LogP contribution is 2.22. The number of fused-ring (bicyclic) bond motifs is 1. The average Bonchev–Trinajstić information content (AvgIpc) is 2.70. The van der Waals surface area contributed by atoms with E-state index in [4.69, 9.17) is 5.11 Å². The van der Waals surface area contributed by atoms with Gasteiger partial charge in [-0.3, -0.25) is 0 Å². The van der Waals surface area contributed by atoms with Gasteiger partial charge in [-0.2, -0.15) is 0 Å². The van der Waals surface area contributed by atoms with Crippen molar-refractivity contribution in [2.45, 2.75) is 6.61 Å². The van der Waals surface area contributed by atoms with Crippen molar-refractivity contribution in [3.05, 3.63) is 35.3 Å². The van der Waals surface area contributed by atoms with E-state index in [1.54, 1.807) is 0 Å². The minimum absolute atomic E-state index is 0.234. The zero-order valence-electron chi connectivity index (χ0n) is 8.58. The van der Waals surface area contributed by atoms with Gasteiger partial charge in [0.1, 0.15) is 11.5 Å². The third kappa shape index (κ3) is 1.65. The van der Waals surface area contributed by atoms with Crippen LogP contribution in [0.3, 0.4) is 0 Å². The number of esters is 1. The molecular formula is C11H10FNO3. The maximum absolute atomic E-state index is 13.1. The SMILES string of the molecule is COC(=O)c1cc2c(CO)cc(F)cc2[nH]1. The monoisotopic (exact) mass is 223 g/mol. The number of hydrogen-bond donors (Lipinski definition) is 2. The van der Waals surface area contributed by atoms with Gasteiger partial charge < -0.3 is 14.8 Å². The zero-order valence-corrected chi connectivity index (χ0v) is 8.58. The molecule has 0 radical (unpaired) electrons. The van der Waals surface area contributed by atoms with Crippen molar-refractivity contribution in [1.82, 2.24) is 4.98 Å². The lowest BCUT2D eigenvalue weighted by molar-refractivity contribution is 0.0595. The molecule has 0 aliphatic carbocycles. The van der Waals surface area contributed by atoms with E-state index in [9.17, 15) is 9.18 Å². The number of H-pyrrole nitrogens is 1. The van der Waals surface area contributed by atoms with Gasteiger partial charge in [0, 0.05) is 10.9 Å². The highest BCUT2D eigenvalue weighted by atomic mass is 19.1. The summed E-state index contributed by atoms with van der Waals surface area (Å²) in [4.78, 5) is 14.0. The number of halogens is 1. The van der Waals surface area contributed by atoms with Gasteiger partial charge in [0.05, 0.1) is 13.7 Å². The summed E-state index contributed by atoms with van der Waals surface area (Å²) >= 11 is 0. The van der Waals surface area contributed by atoms with E-state index >= 15 is 0 Å². The van der Waals surface area contributed by atoms with Crippen LogP contribution in [0.4, 0.5) is 4.39 Å². The van der Waals surface area contributed by atoms with Gasteiger partial charge in [0.2, 0.25) is 0 Å². The summed E-state index contributed by atoms with van der Waals surface area (Å²) in [5, 5.41) is 9.68. The van der Waals surface area contributed by atoms with Crippen molar-refractivity contribution >= 4 is 16.9 Å². The molecule has 2 rings (SSSR count). The minimum Gasteiger partial charge on any atom is -0.464 e. The minimum atomic E-state index is -0.527. The summed E-state index contributed by atoms with van der Waals surface area (Å²) in [6.07, 6.45) is 0. The van der Waals surface area contributed by atoms with Crippen LogP contribution in [0.15, 0.2) is 18.2 Å². The third-order valence-corrected chi connectivity index (χ3v) is 2.36. The van der Waals surface area contributed by atoms with Crippen LogP contribution in [0, 0.1) is 5.82 Å². The molecule has 0 aliphatic rings. The number of carbonyl (C=O) groups is 1. The smallest absolute Gasteiger partial charge is 0.354 e. The molecule has 0 unspecified atom stereocenters. The van der Waals surface area contributed by atoms with Crippen molar-refractivity contribution in [3.8, 4) is 0 Å². The number of benzene rings is 1. The summed E-state index contributed by atoms with van der Waals surface area (Å²) in [5.74, 6) is -0.990. The van der Waals surface area contributed by atoms with Crippen LogP contribution in [0.25, 0.3) is 10.9 Å². The lowest BCUT2D eigenvalue weighted by Crippen LogP contribution is -2.00. The molecule has 4 nitrogen and oxygen atoms in total. The van der Waals surface area contributed by atoms with E-state index in [1.165, 1.54) is 25.3 Å². The maximum atomic E-state index is 13.1. The van der Waals surface area contributed by atoms with E-state index in [0.29, 0.717) is 16.5 Å². The van der Waals surface area contributed by atoms with Crippen LogP contribution in [0.1, 0.15) is 16.1 Å². The first-order valence-corrected chi connectivity index (χ1v) is 4.66. The van der Waals surface area contributed by atoms with E-state index in [-0.39, 0.29) is 12.3 Å². The van der Waals surface area contributed by atoms with E-state index in [2.05, 4.69) is 9.72 Å². The lowest BCUT2D eigenvalue weighted by atomic mass is 10.1. The van der Waals surface area contributed by atoms with E-state index in [1.807, 2.05) is 0 Å². The van der Waals surface area contributed by atoms with Crippen LogP contribution in [0.5, 0.6) is 0 Å². The Labute approximate surface area is 90.7 Å². The maximum Gasteiger partial charge on any atom is 0.354 e. The largest absolute Gasteiger partial charge is 0.464 e. The number of rotatable bonds is 2. The Hall–Kier alpha value is -1.88. The van der Waals surface area contributed by atoms with Crippen molar-refractivity contribution in [2.75, 3.05) is 7.11 Å². The zero-order chi connectivity index (χ0) is 11.7. The molecule has 2 aromatic rings. The Morgan fingerprint density at radius 3 is 2.88 bits per heavy atom. The second-order valence-electron chi connectivity index (χ2n) is 3.36. The number of aliphatic hydroxyl groups is 1. The molecule has 0 saturated heterocycles. The van der Waals surface area contributed by atoms with Crippen LogP contribution in [0.2, 0.25) is 0 Å². The first-order chi connectivity index (χ1) is 7.65. The highest BCUT2D eigenvalue weighted by molar-refractivity contribution is 5.95. The molecule has 0 fully saturated rings. The molecule has 16 heavy (non-hydrogen) atoms. The highest BCUT2D eigenvalue weighted by Gasteiger charge is 2.12. The molecular weight excluding hydrogens is 213 g/mol. The number of aromatic nitrogens is 1. The van der Waals surface area contributed by atoms with Gasteiger partial charge in [-0.15, -0.1) is 0 Å². The number of carbonyl (C=O) groups excluding carboxylic acids is 1. The summed E-state index contributed by atoms with van der Waals surface area (Å²) in [6, 6.07) is 4.03. The molecule has 0 spiro atoms. The van der Waals surface area contributed by atoms with Crippen molar-refractivity contribution < 1.29 is 19.0 Å². The van der Waals surface area contributed by atoms with Gasteiger partial charge in [-0.05, 0) is 23.8 Å². The van der Waals surface area contributed by atoms with Crippen molar-refractivity contribution in [3.63, 3.8) is 0 Å². The molecule has 0 amide bonds. The number of hydrogen-bond acceptors (Lipinski definition) is 3. The quantitative estimate of drug-likeness (QED) is 0.760. The molecule has 1 aromatic heterocycles. The number of nitrogens with one attached hydrogen (secondary N) is 1. The van der Waals surface area contributed by atoms with Gasteiger partial charge >= 0.3 is 5.97 Å². The van der Waals surface area contributed by atoms with Crippen molar-refractivity contribution in [2.24, 2.45) is 0 Å². The van der Waals surface area contributed by atoms with Gasteiger partial charge in [0.25, 0.3) is 0 Å². The average molecular weight is 223 g/mol. The van der Waals surface area contributed by atoms with Crippen LogP contribution < -0.4 is 0 Å². The van der Waals surface area contributed by atoms with Gasteiger partial charge in [0.15, 0.2) is 0 Å². The molecule has 0 atom stereocenters. The number of ether oxygens (including phenoxy) is 1. The summed E-state index contributed by atoms with van der Waals surface area (Å²) in [5.41, 5.74) is 1.13. The van der Waals surface area contributed by atoms with Crippen LogP contribution >= 0.6 is 0 Å². The van der Waals surface area contributed by atoms with E-state index in [0.717, 1.165) is 0 Å². The predicted molar refractivity (Wildman–Crippen MR) is 55.5 cm³/mol. The molecule has 5 heteroatoms. The Morgan fingerprint density at radius 2 is 2.25 bits per heavy atom. The fourth-order valence-electron chi connectivity index (χ4n) is 1.62. The Balaban J connectivity index is 2.64. The third-order valence-electron chi connectivity index (χ3n) is 2.36. The standard InChI is InChI=1S/C11H10FNO3/c1-16-11(15)10-4-8-6(5-14)2-7(12)3-9(8)13-10/h2-4,13-14H,5H2,1H3. The Morgan fingerprint density at radius 1 is 1.50 bits per heavy atom. The van der Waals surface area contributed by atoms with Crippen molar-refractivity contribution in [1.29, 1.82) is 0 Å². The Bertz CT molecular complexity index is 547. The summed E-state index contributed by atoms with van der Waals surface area (Å²) in [7, 11) is 1.27. The summed E-state index contributed by atoms with van der Waals surface area (Å²) in [6.45, 7) is -0.285. The molecule has 2 N–H and O–H groups in total. The van der Waals surface area contributed by atoms with Gasteiger partial charge in [-0.1, -0.05) is 0 Å². The molecule has 1 aromatic carbocycles. The second-order valence-corrected chi connectivity index (χ2v) is 3.36. The fraction of sp³-hybridized carbons (Fsp3) is 0.182. The van der Waals surface area contributed by atoms with Crippen LogP contribution in [-0.2, 0) is 11.3 Å². The number of aromatic amines is 1. The number of methoxy groups -OCH3 is 1. The summed E-state index contributed by atoms with van der Waals surface area (Å²) < 4.78 is 17.7. The lowest BCUT2D eigenvalue weighted by Gasteiger charge is -1.98. The first kappa shape index (κ1) is 10.6. The molecule has 84 valence electrons.